The largest absolute Gasteiger partial charge is 0.486 e. The number of esters is 1. The standard InChI is InChI=1S/C30H24Br2N2O11/c1-15(2)30(38)44-12-8-4-3-7-11-43-28-21(34(41)42)14-19-22(16-9-5-6-10-17(16)29(36)37)18-13-20(33(39)40)25(35)23(31)26(18)45-27(19)24(28)32/h5-6,9-10,13-14H,1,3-4,7-8,11-12H2,2H3,(H,36,37). The highest BCUT2D eigenvalue weighted by atomic mass is 79.9. The number of rotatable bonds is 13. The molecule has 0 radical (unpaired) electrons. The first-order valence-electron chi connectivity index (χ1n) is 13.4. The molecule has 15 heteroatoms. The molecule has 0 saturated carbocycles. The number of halogens is 2. The lowest BCUT2D eigenvalue weighted by Crippen LogP contribution is -2.12. The summed E-state index contributed by atoms with van der Waals surface area (Å²) >= 11 is 6.45. The number of carboxylic acids is 1. The Bertz CT molecular complexity index is 1900. The molecule has 2 aromatic carbocycles. The molecule has 1 N–H and O–H groups in total. The zero-order valence-electron chi connectivity index (χ0n) is 23.6. The number of ether oxygens (including phenoxy) is 2. The maximum atomic E-state index is 12.8. The van der Waals surface area contributed by atoms with Crippen LogP contribution in [-0.4, -0.2) is 40.1 Å². The minimum absolute atomic E-state index is 0.0156. The molecule has 13 nitrogen and oxygen atoms in total. The maximum Gasteiger partial charge on any atom is 0.336 e. The summed E-state index contributed by atoms with van der Waals surface area (Å²) in [4.78, 5) is 58.9. The number of carboxylic acid groups (broad SMARTS) is 1. The van der Waals surface area contributed by atoms with Gasteiger partial charge in [0.2, 0.25) is 5.75 Å². The SMILES string of the molecule is C=C(C)C(=O)OCCCCCCOc1c([N+](=O)[O-])cc2c(-c3ccccc3C(=O)O)c3cc([N+](=O)[O-])c(=O)c(Br)c-3oc2c1Br. The molecular formula is C30H24Br2N2O11. The van der Waals surface area contributed by atoms with Gasteiger partial charge in [0.1, 0.15) is 8.95 Å². The lowest BCUT2D eigenvalue weighted by Gasteiger charge is -2.19. The predicted octanol–water partition coefficient (Wildman–Crippen LogP) is 7.66. The second-order valence-electron chi connectivity index (χ2n) is 9.85. The van der Waals surface area contributed by atoms with Crippen molar-refractivity contribution in [3.8, 4) is 28.2 Å². The number of unbranched alkanes of at least 4 members (excludes halogenated alkanes) is 3. The molecule has 0 fully saturated rings. The molecule has 1 heterocycles. The van der Waals surface area contributed by atoms with Crippen LogP contribution < -0.4 is 10.2 Å². The van der Waals surface area contributed by atoms with Crippen molar-refractivity contribution >= 4 is 66.1 Å². The molecule has 45 heavy (non-hydrogen) atoms. The van der Waals surface area contributed by atoms with Crippen molar-refractivity contribution in [3.05, 3.63) is 93.5 Å². The molecule has 0 amide bonds. The van der Waals surface area contributed by atoms with Crippen molar-refractivity contribution in [1.29, 1.82) is 0 Å². The zero-order chi connectivity index (χ0) is 33.0. The molecule has 1 aliphatic heterocycles. The number of hydrogen-bond donors (Lipinski definition) is 1. The fourth-order valence-corrected chi connectivity index (χ4v) is 5.74. The van der Waals surface area contributed by atoms with E-state index in [0.717, 1.165) is 12.1 Å². The van der Waals surface area contributed by atoms with Gasteiger partial charge in [0.05, 0.1) is 28.6 Å². The van der Waals surface area contributed by atoms with E-state index in [1.807, 2.05) is 0 Å². The molecule has 4 rings (SSSR count). The molecular weight excluding hydrogens is 724 g/mol. The molecule has 0 unspecified atom stereocenters. The van der Waals surface area contributed by atoms with E-state index in [1.165, 1.54) is 18.2 Å². The zero-order valence-corrected chi connectivity index (χ0v) is 26.8. The first-order chi connectivity index (χ1) is 21.3. The average molecular weight is 748 g/mol. The van der Waals surface area contributed by atoms with Crippen LogP contribution in [0.3, 0.4) is 0 Å². The number of hydrogen-bond acceptors (Lipinski definition) is 10. The Kier molecular flexibility index (Phi) is 10.3. The van der Waals surface area contributed by atoms with Crippen molar-refractivity contribution in [2.24, 2.45) is 0 Å². The lowest BCUT2D eigenvalue weighted by molar-refractivity contribution is -0.386. The fourth-order valence-electron chi connectivity index (χ4n) is 4.63. The lowest BCUT2D eigenvalue weighted by atomic mass is 9.90. The van der Waals surface area contributed by atoms with Crippen LogP contribution in [0.5, 0.6) is 5.75 Å². The van der Waals surface area contributed by atoms with Crippen molar-refractivity contribution in [2.75, 3.05) is 13.2 Å². The third-order valence-electron chi connectivity index (χ3n) is 6.74. The monoisotopic (exact) mass is 746 g/mol. The van der Waals surface area contributed by atoms with Crippen LogP contribution in [0.15, 0.2) is 66.7 Å². The third kappa shape index (κ3) is 6.88. The highest BCUT2D eigenvalue weighted by molar-refractivity contribution is 9.11. The molecule has 2 aliphatic rings. The van der Waals surface area contributed by atoms with Crippen LogP contribution >= 0.6 is 31.9 Å². The number of fused-ring (bicyclic) bond motifs is 2. The van der Waals surface area contributed by atoms with Crippen molar-refractivity contribution in [1.82, 2.24) is 0 Å². The summed E-state index contributed by atoms with van der Waals surface area (Å²) in [5.41, 5.74) is -2.02. The molecule has 0 aromatic heterocycles. The summed E-state index contributed by atoms with van der Waals surface area (Å²) in [7, 11) is 0. The summed E-state index contributed by atoms with van der Waals surface area (Å²) in [5.74, 6) is -2.08. The smallest absolute Gasteiger partial charge is 0.336 e. The van der Waals surface area contributed by atoms with Crippen LogP contribution in [0.2, 0.25) is 0 Å². The number of nitrogens with zero attached hydrogens (tertiary/aromatic N) is 2. The number of aromatic carboxylic acids is 1. The quantitative estimate of drug-likeness (QED) is 0.0353. The van der Waals surface area contributed by atoms with Crippen molar-refractivity contribution < 1.29 is 38.4 Å². The summed E-state index contributed by atoms with van der Waals surface area (Å²) in [6, 6.07) is 7.90. The average Bonchev–Trinajstić information content (AvgIpc) is 2.99. The van der Waals surface area contributed by atoms with Gasteiger partial charge in [0, 0.05) is 34.2 Å². The Labute approximate surface area is 271 Å². The Balaban J connectivity index is 1.82. The first kappa shape index (κ1) is 33.3. The predicted molar refractivity (Wildman–Crippen MR) is 170 cm³/mol. The Morgan fingerprint density at radius 3 is 2.22 bits per heavy atom. The maximum absolute atomic E-state index is 12.8. The van der Waals surface area contributed by atoms with Gasteiger partial charge in [-0.05, 0) is 76.1 Å². The van der Waals surface area contributed by atoms with E-state index in [4.69, 9.17) is 13.9 Å². The molecule has 1 aliphatic carbocycles. The van der Waals surface area contributed by atoms with Gasteiger partial charge in [-0.1, -0.05) is 24.8 Å². The molecule has 0 atom stereocenters. The van der Waals surface area contributed by atoms with Gasteiger partial charge in [0.25, 0.3) is 5.43 Å². The van der Waals surface area contributed by atoms with E-state index in [0.29, 0.717) is 31.3 Å². The number of non-ortho nitro benzene ring substituents is 1. The minimum Gasteiger partial charge on any atom is -0.486 e. The van der Waals surface area contributed by atoms with Gasteiger partial charge < -0.3 is 19.0 Å². The van der Waals surface area contributed by atoms with Crippen molar-refractivity contribution in [3.63, 3.8) is 0 Å². The number of benzene rings is 3. The fraction of sp³-hybridized carbons (Fsp3) is 0.233. The molecule has 2 aromatic rings. The highest BCUT2D eigenvalue weighted by Crippen LogP contribution is 2.50. The summed E-state index contributed by atoms with van der Waals surface area (Å²) in [6.07, 6.45) is 2.50. The van der Waals surface area contributed by atoms with Gasteiger partial charge in [-0.25, -0.2) is 9.59 Å². The second-order valence-corrected chi connectivity index (χ2v) is 11.4. The van der Waals surface area contributed by atoms with Gasteiger partial charge in [-0.15, -0.1) is 0 Å². The molecule has 234 valence electrons. The van der Waals surface area contributed by atoms with E-state index >= 15 is 0 Å². The van der Waals surface area contributed by atoms with E-state index in [9.17, 15) is 39.7 Å². The van der Waals surface area contributed by atoms with Crippen LogP contribution in [-0.2, 0) is 9.53 Å². The van der Waals surface area contributed by atoms with Crippen molar-refractivity contribution in [2.45, 2.75) is 32.6 Å². The molecule has 0 spiro atoms. The second kappa shape index (κ2) is 14.0. The topological polar surface area (TPSA) is 189 Å². The van der Waals surface area contributed by atoms with Crippen LogP contribution in [0.4, 0.5) is 11.4 Å². The summed E-state index contributed by atoms with van der Waals surface area (Å²) < 4.78 is 16.7. The number of nitro groups is 2. The highest BCUT2D eigenvalue weighted by Gasteiger charge is 2.32. The number of nitro benzene ring substituents is 2. The normalized spacial score (nSPS) is 11.0. The van der Waals surface area contributed by atoms with Crippen LogP contribution in [0, 0.1) is 20.2 Å². The number of carbonyl (C=O) groups excluding carboxylic acids is 1. The van der Waals surface area contributed by atoms with Gasteiger partial charge in [-0.2, -0.15) is 0 Å². The summed E-state index contributed by atoms with van der Waals surface area (Å²) in [6.45, 7) is 5.40. The Morgan fingerprint density at radius 1 is 0.956 bits per heavy atom. The molecule has 0 bridgehead atoms. The minimum atomic E-state index is -1.32. The third-order valence-corrected chi connectivity index (χ3v) is 8.18. The van der Waals surface area contributed by atoms with E-state index in [1.54, 1.807) is 13.0 Å². The van der Waals surface area contributed by atoms with Gasteiger partial charge in [-0.3, -0.25) is 25.0 Å². The van der Waals surface area contributed by atoms with Gasteiger partial charge in [0.15, 0.2) is 11.3 Å². The Morgan fingerprint density at radius 2 is 1.60 bits per heavy atom. The summed E-state index contributed by atoms with van der Waals surface area (Å²) in [5, 5.41) is 34.0. The number of carbonyl (C=O) groups is 2. The van der Waals surface area contributed by atoms with Gasteiger partial charge >= 0.3 is 23.3 Å². The van der Waals surface area contributed by atoms with E-state index in [-0.39, 0.29) is 66.9 Å². The van der Waals surface area contributed by atoms with Crippen LogP contribution in [0.1, 0.15) is 43.0 Å². The van der Waals surface area contributed by atoms with E-state index in [2.05, 4.69) is 38.4 Å². The Hall–Kier alpha value is -4.63. The van der Waals surface area contributed by atoms with Crippen LogP contribution in [0.25, 0.3) is 33.4 Å². The molecule has 0 saturated heterocycles. The first-order valence-corrected chi connectivity index (χ1v) is 15.0. The van der Waals surface area contributed by atoms with E-state index < -0.39 is 38.6 Å².